The molecule has 0 fully saturated rings. The third kappa shape index (κ3) is 3.69. The number of methoxy groups -OCH3 is 1. The first kappa shape index (κ1) is 20.1. The number of Topliss-reactive ketones (excluding diaryl/α,β-unsaturated/α-hetero) is 1. The van der Waals surface area contributed by atoms with Crippen LogP contribution in [0.25, 0.3) is 11.0 Å². The molecule has 0 saturated carbocycles. The average molecular weight is 400 g/mol. The number of fused-ring (bicyclic) bond motifs is 1. The highest BCUT2D eigenvalue weighted by atomic mass is 32.2. The Labute approximate surface area is 165 Å². The third-order valence-electron chi connectivity index (χ3n) is 5.03. The van der Waals surface area contributed by atoms with Gasteiger partial charge in [0.2, 0.25) is 0 Å². The lowest BCUT2D eigenvalue weighted by atomic mass is 10.0. The molecule has 0 amide bonds. The summed E-state index contributed by atoms with van der Waals surface area (Å²) in [5.41, 5.74) is 2.06. The molecule has 5 nitrogen and oxygen atoms in total. The molecular weight excluding hydrogens is 376 g/mol. The molecule has 1 aromatic heterocycles. The van der Waals surface area contributed by atoms with Crippen molar-refractivity contribution in [3.8, 4) is 5.75 Å². The van der Waals surface area contributed by atoms with E-state index >= 15 is 0 Å². The summed E-state index contributed by atoms with van der Waals surface area (Å²) < 4.78 is 37.0. The second-order valence-corrected chi connectivity index (χ2v) is 9.10. The standard InChI is InChI=1S/C22H24O5S/c1-5-18(28(24,25)19-9-7-17(26-4)8-10-19)12-16-6-11-21-20(13-16)22(14(2)23)15(3)27-21/h6-11,13,18H,5,12H2,1-4H3. The molecule has 0 aliphatic rings. The highest BCUT2D eigenvalue weighted by molar-refractivity contribution is 7.92. The summed E-state index contributed by atoms with van der Waals surface area (Å²) in [6.07, 6.45) is 0.846. The summed E-state index contributed by atoms with van der Waals surface area (Å²) in [5, 5.41) is 0.173. The smallest absolute Gasteiger partial charge is 0.181 e. The lowest BCUT2D eigenvalue weighted by molar-refractivity contribution is 0.101. The minimum atomic E-state index is -3.49. The molecule has 1 atom stereocenters. The second kappa shape index (κ2) is 7.80. The number of rotatable bonds is 7. The van der Waals surface area contributed by atoms with Gasteiger partial charge < -0.3 is 9.15 Å². The summed E-state index contributed by atoms with van der Waals surface area (Å²) in [5.74, 6) is 1.13. The van der Waals surface area contributed by atoms with Crippen LogP contribution >= 0.6 is 0 Å². The Kier molecular flexibility index (Phi) is 5.61. The van der Waals surface area contributed by atoms with Crippen molar-refractivity contribution in [3.05, 3.63) is 59.4 Å². The van der Waals surface area contributed by atoms with E-state index in [1.807, 2.05) is 19.1 Å². The fourth-order valence-corrected chi connectivity index (χ4v) is 5.28. The van der Waals surface area contributed by atoms with E-state index in [9.17, 15) is 13.2 Å². The second-order valence-electron chi connectivity index (χ2n) is 6.87. The number of furan rings is 1. The molecule has 0 aliphatic carbocycles. The maximum absolute atomic E-state index is 13.1. The van der Waals surface area contributed by atoms with Crippen molar-refractivity contribution in [2.75, 3.05) is 7.11 Å². The lowest BCUT2D eigenvalue weighted by Crippen LogP contribution is -2.23. The van der Waals surface area contributed by atoms with Crippen LogP contribution in [0.2, 0.25) is 0 Å². The lowest BCUT2D eigenvalue weighted by Gasteiger charge is -2.16. The van der Waals surface area contributed by atoms with E-state index in [2.05, 4.69) is 0 Å². The molecule has 0 radical (unpaired) electrons. The summed E-state index contributed by atoms with van der Waals surface area (Å²) in [6.45, 7) is 5.14. The molecule has 0 aliphatic heterocycles. The molecule has 3 rings (SSSR count). The predicted molar refractivity (Wildman–Crippen MR) is 109 cm³/mol. The molecule has 1 unspecified atom stereocenters. The zero-order chi connectivity index (χ0) is 20.5. The van der Waals surface area contributed by atoms with Gasteiger partial charge in [-0.25, -0.2) is 8.42 Å². The van der Waals surface area contributed by atoms with E-state index in [1.54, 1.807) is 44.4 Å². The molecule has 0 bridgehead atoms. The first-order valence-electron chi connectivity index (χ1n) is 9.18. The van der Waals surface area contributed by atoms with Crippen LogP contribution in [-0.4, -0.2) is 26.6 Å². The Morgan fingerprint density at radius 2 is 1.82 bits per heavy atom. The van der Waals surface area contributed by atoms with Crippen molar-refractivity contribution in [1.29, 1.82) is 0 Å². The topological polar surface area (TPSA) is 73.6 Å². The quantitative estimate of drug-likeness (QED) is 0.535. The van der Waals surface area contributed by atoms with Gasteiger partial charge in [-0.3, -0.25) is 4.79 Å². The van der Waals surface area contributed by atoms with Gasteiger partial charge in [0.05, 0.1) is 22.8 Å². The first-order valence-corrected chi connectivity index (χ1v) is 10.7. The third-order valence-corrected chi connectivity index (χ3v) is 7.33. The van der Waals surface area contributed by atoms with Crippen LogP contribution in [0.5, 0.6) is 5.75 Å². The number of hydrogen-bond donors (Lipinski definition) is 0. The summed E-state index contributed by atoms with van der Waals surface area (Å²) in [4.78, 5) is 12.2. The number of ether oxygens (including phenoxy) is 1. The molecule has 2 aromatic carbocycles. The Morgan fingerprint density at radius 1 is 1.14 bits per heavy atom. The molecule has 1 heterocycles. The highest BCUT2D eigenvalue weighted by Crippen LogP contribution is 2.29. The SMILES string of the molecule is CCC(Cc1ccc2oc(C)c(C(C)=O)c2c1)S(=O)(=O)c1ccc(OC)cc1. The maximum Gasteiger partial charge on any atom is 0.181 e. The highest BCUT2D eigenvalue weighted by Gasteiger charge is 2.27. The normalized spacial score (nSPS) is 12.9. The van der Waals surface area contributed by atoms with E-state index in [0.717, 1.165) is 10.9 Å². The van der Waals surface area contributed by atoms with Crippen LogP contribution in [0.4, 0.5) is 0 Å². The Bertz CT molecular complexity index is 1110. The van der Waals surface area contributed by atoms with Crippen molar-refractivity contribution in [1.82, 2.24) is 0 Å². The molecule has 0 N–H and O–H groups in total. The van der Waals surface area contributed by atoms with Gasteiger partial charge in [-0.15, -0.1) is 0 Å². The van der Waals surface area contributed by atoms with Crippen molar-refractivity contribution in [3.63, 3.8) is 0 Å². The molecular formula is C22H24O5S. The molecule has 28 heavy (non-hydrogen) atoms. The van der Waals surface area contributed by atoms with Crippen LogP contribution < -0.4 is 4.74 Å². The van der Waals surface area contributed by atoms with E-state index in [4.69, 9.17) is 9.15 Å². The van der Waals surface area contributed by atoms with Gasteiger partial charge in [0, 0.05) is 5.39 Å². The van der Waals surface area contributed by atoms with Crippen molar-refractivity contribution in [2.45, 2.75) is 43.8 Å². The van der Waals surface area contributed by atoms with E-state index < -0.39 is 15.1 Å². The molecule has 148 valence electrons. The Morgan fingerprint density at radius 3 is 2.39 bits per heavy atom. The van der Waals surface area contributed by atoms with Gasteiger partial charge in [0.15, 0.2) is 15.6 Å². The number of carbonyl (C=O) groups excluding carboxylic acids is 1. The average Bonchev–Trinajstić information content (AvgIpc) is 3.01. The fourth-order valence-electron chi connectivity index (χ4n) is 3.53. The number of sulfone groups is 1. The summed E-state index contributed by atoms with van der Waals surface area (Å²) in [6, 6.07) is 12.0. The van der Waals surface area contributed by atoms with Crippen LogP contribution in [0, 0.1) is 6.92 Å². The summed E-state index contributed by atoms with van der Waals surface area (Å²) >= 11 is 0. The van der Waals surface area contributed by atoms with Gasteiger partial charge in [-0.1, -0.05) is 13.0 Å². The van der Waals surface area contributed by atoms with Crippen molar-refractivity contribution < 1.29 is 22.4 Å². The van der Waals surface area contributed by atoms with Crippen LogP contribution in [-0.2, 0) is 16.3 Å². The van der Waals surface area contributed by atoms with Crippen LogP contribution in [0.15, 0.2) is 51.8 Å². The van der Waals surface area contributed by atoms with Crippen molar-refractivity contribution in [2.24, 2.45) is 0 Å². The number of aryl methyl sites for hydroxylation is 1. The molecule has 3 aromatic rings. The first-order chi connectivity index (χ1) is 13.3. The van der Waals surface area contributed by atoms with Gasteiger partial charge in [0.25, 0.3) is 0 Å². The van der Waals surface area contributed by atoms with E-state index in [0.29, 0.717) is 35.5 Å². The zero-order valence-electron chi connectivity index (χ0n) is 16.5. The molecule has 6 heteroatoms. The number of carbonyl (C=O) groups is 1. The Hall–Kier alpha value is -2.60. The maximum atomic E-state index is 13.1. The van der Waals surface area contributed by atoms with Gasteiger partial charge in [0.1, 0.15) is 17.1 Å². The van der Waals surface area contributed by atoms with Gasteiger partial charge in [-0.05, 0) is 68.7 Å². The van der Waals surface area contributed by atoms with Crippen LogP contribution in [0.1, 0.15) is 41.9 Å². The van der Waals surface area contributed by atoms with Gasteiger partial charge in [-0.2, -0.15) is 0 Å². The Balaban J connectivity index is 1.95. The van der Waals surface area contributed by atoms with Crippen LogP contribution in [0.3, 0.4) is 0 Å². The molecule has 0 saturated heterocycles. The number of benzene rings is 2. The number of ketones is 1. The monoisotopic (exact) mass is 400 g/mol. The summed E-state index contributed by atoms with van der Waals surface area (Å²) in [7, 11) is -1.95. The van der Waals surface area contributed by atoms with Crippen molar-refractivity contribution >= 4 is 26.6 Å². The number of hydrogen-bond acceptors (Lipinski definition) is 5. The van der Waals surface area contributed by atoms with E-state index in [-0.39, 0.29) is 10.7 Å². The largest absolute Gasteiger partial charge is 0.497 e. The van der Waals surface area contributed by atoms with Gasteiger partial charge >= 0.3 is 0 Å². The molecule has 0 spiro atoms. The fraction of sp³-hybridized carbons (Fsp3) is 0.318. The minimum absolute atomic E-state index is 0.0636. The zero-order valence-corrected chi connectivity index (χ0v) is 17.3. The van der Waals surface area contributed by atoms with E-state index in [1.165, 1.54) is 6.92 Å². The predicted octanol–water partition coefficient (Wildman–Crippen LogP) is 4.75. The minimum Gasteiger partial charge on any atom is -0.497 e.